The summed E-state index contributed by atoms with van der Waals surface area (Å²) in [5, 5.41) is 0. The van der Waals surface area contributed by atoms with Crippen LogP contribution in [0.5, 0.6) is 5.75 Å². The normalized spacial score (nSPS) is 19.6. The Labute approximate surface area is 144 Å². The van der Waals surface area contributed by atoms with E-state index >= 15 is 0 Å². The number of methoxy groups -OCH3 is 1. The summed E-state index contributed by atoms with van der Waals surface area (Å²) in [6.07, 6.45) is 3.85. The minimum Gasteiger partial charge on any atom is -0.497 e. The van der Waals surface area contributed by atoms with Crippen molar-refractivity contribution in [3.05, 3.63) is 60.2 Å². The van der Waals surface area contributed by atoms with Gasteiger partial charge in [0.25, 0.3) is 0 Å². The molecule has 3 rings (SSSR count). The fraction of sp³-hybridized carbons (Fsp3) is 0.368. The highest BCUT2D eigenvalue weighted by Gasteiger charge is 2.33. The average molecular weight is 345 g/mol. The molecule has 24 heavy (non-hydrogen) atoms. The van der Waals surface area contributed by atoms with Gasteiger partial charge in [0, 0.05) is 6.54 Å². The van der Waals surface area contributed by atoms with E-state index in [9.17, 15) is 8.42 Å². The van der Waals surface area contributed by atoms with Gasteiger partial charge in [0.1, 0.15) is 5.75 Å². The van der Waals surface area contributed by atoms with E-state index < -0.39 is 10.0 Å². The maximum Gasteiger partial charge on any atom is 0.243 e. The van der Waals surface area contributed by atoms with Crippen molar-refractivity contribution in [2.75, 3.05) is 13.7 Å². The van der Waals surface area contributed by atoms with E-state index in [-0.39, 0.29) is 6.04 Å². The molecule has 5 heteroatoms. The first-order chi connectivity index (χ1) is 11.6. The minimum atomic E-state index is -3.50. The van der Waals surface area contributed by atoms with Crippen molar-refractivity contribution in [1.29, 1.82) is 0 Å². The fourth-order valence-electron chi connectivity index (χ4n) is 3.26. The van der Waals surface area contributed by atoms with Crippen LogP contribution in [0, 0.1) is 0 Å². The topological polar surface area (TPSA) is 46.6 Å². The molecule has 0 aromatic heterocycles. The van der Waals surface area contributed by atoms with E-state index in [1.54, 1.807) is 35.7 Å². The number of nitrogens with zero attached hydrogens (tertiary/aromatic N) is 1. The summed E-state index contributed by atoms with van der Waals surface area (Å²) >= 11 is 0. The van der Waals surface area contributed by atoms with E-state index in [2.05, 4.69) is 0 Å². The highest BCUT2D eigenvalue weighted by Crippen LogP contribution is 2.35. The van der Waals surface area contributed by atoms with Crippen LogP contribution in [0.1, 0.15) is 37.3 Å². The van der Waals surface area contributed by atoms with Crippen molar-refractivity contribution >= 4 is 10.0 Å². The molecule has 2 aromatic carbocycles. The zero-order valence-corrected chi connectivity index (χ0v) is 14.7. The molecule has 1 heterocycles. The van der Waals surface area contributed by atoms with Crippen molar-refractivity contribution in [1.82, 2.24) is 4.31 Å². The lowest BCUT2D eigenvalue weighted by atomic mass is 10.0. The van der Waals surface area contributed by atoms with E-state index in [1.165, 1.54) is 0 Å². The largest absolute Gasteiger partial charge is 0.497 e. The Bertz CT molecular complexity index is 757. The quantitative estimate of drug-likeness (QED) is 0.841. The highest BCUT2D eigenvalue weighted by molar-refractivity contribution is 7.89. The second-order valence-corrected chi connectivity index (χ2v) is 7.96. The molecule has 128 valence electrons. The van der Waals surface area contributed by atoms with Crippen molar-refractivity contribution in [3.8, 4) is 5.75 Å². The molecule has 1 saturated heterocycles. The molecule has 4 nitrogen and oxygen atoms in total. The summed E-state index contributed by atoms with van der Waals surface area (Å²) in [7, 11) is -1.86. The number of benzene rings is 2. The Morgan fingerprint density at radius 1 is 0.958 bits per heavy atom. The summed E-state index contributed by atoms with van der Waals surface area (Å²) < 4.78 is 33.2. The van der Waals surface area contributed by atoms with Gasteiger partial charge in [-0.25, -0.2) is 8.42 Å². The molecule has 0 radical (unpaired) electrons. The first-order valence-electron chi connectivity index (χ1n) is 8.34. The number of ether oxygens (including phenoxy) is 1. The second-order valence-electron chi connectivity index (χ2n) is 6.07. The van der Waals surface area contributed by atoms with Crippen LogP contribution in [0.3, 0.4) is 0 Å². The van der Waals surface area contributed by atoms with Crippen LogP contribution in [0.4, 0.5) is 0 Å². The molecule has 0 bridgehead atoms. The van der Waals surface area contributed by atoms with Gasteiger partial charge in [0.05, 0.1) is 18.0 Å². The zero-order valence-electron chi connectivity index (χ0n) is 13.9. The molecule has 1 aliphatic rings. The third kappa shape index (κ3) is 3.47. The summed E-state index contributed by atoms with van der Waals surface area (Å²) in [5.41, 5.74) is 1.03. The molecule has 0 aliphatic carbocycles. The van der Waals surface area contributed by atoms with Gasteiger partial charge in [-0.3, -0.25) is 0 Å². The maximum absolute atomic E-state index is 13.1. The molecule has 0 N–H and O–H groups in total. The molecule has 0 amide bonds. The van der Waals surface area contributed by atoms with Gasteiger partial charge in [0.2, 0.25) is 10.0 Å². The van der Waals surface area contributed by atoms with Gasteiger partial charge < -0.3 is 4.74 Å². The van der Waals surface area contributed by atoms with Gasteiger partial charge in [-0.05, 0) is 42.7 Å². The lowest BCUT2D eigenvalue weighted by Crippen LogP contribution is -2.34. The Morgan fingerprint density at radius 2 is 1.67 bits per heavy atom. The summed E-state index contributed by atoms with van der Waals surface area (Å²) in [6.45, 7) is 0.563. The van der Waals surface area contributed by atoms with Gasteiger partial charge in [-0.2, -0.15) is 4.31 Å². The SMILES string of the molecule is COc1ccc(C2CCCCCN2S(=O)(=O)c2ccccc2)cc1. The van der Waals surface area contributed by atoms with Crippen molar-refractivity contribution in [2.45, 2.75) is 36.6 Å². The molecule has 1 aliphatic heterocycles. The molecular formula is C19H23NO3S. The summed E-state index contributed by atoms with van der Waals surface area (Å²) in [4.78, 5) is 0.366. The first kappa shape index (κ1) is 17.0. The van der Waals surface area contributed by atoms with Gasteiger partial charge in [0.15, 0.2) is 0 Å². The van der Waals surface area contributed by atoms with Crippen LogP contribution < -0.4 is 4.74 Å². The van der Waals surface area contributed by atoms with Crippen molar-refractivity contribution in [3.63, 3.8) is 0 Å². The Morgan fingerprint density at radius 3 is 2.33 bits per heavy atom. The third-order valence-corrected chi connectivity index (χ3v) is 6.48. The Kier molecular flexibility index (Phi) is 5.21. The van der Waals surface area contributed by atoms with Crippen LogP contribution in [0.25, 0.3) is 0 Å². The second kappa shape index (κ2) is 7.36. The van der Waals surface area contributed by atoms with E-state index in [0.29, 0.717) is 11.4 Å². The van der Waals surface area contributed by atoms with Crippen LogP contribution in [-0.2, 0) is 10.0 Å². The Hall–Kier alpha value is -1.85. The zero-order chi connectivity index (χ0) is 17.0. The summed E-state index contributed by atoms with van der Waals surface area (Å²) in [6, 6.07) is 16.3. The monoisotopic (exact) mass is 345 g/mol. The molecular weight excluding hydrogens is 322 g/mol. The van der Waals surface area contributed by atoms with Crippen LogP contribution in [0.15, 0.2) is 59.5 Å². The minimum absolute atomic E-state index is 0.122. The molecule has 0 spiro atoms. The number of sulfonamides is 1. The Balaban J connectivity index is 1.98. The highest BCUT2D eigenvalue weighted by atomic mass is 32.2. The van der Waals surface area contributed by atoms with Gasteiger partial charge in [-0.15, -0.1) is 0 Å². The molecule has 1 fully saturated rings. The van der Waals surface area contributed by atoms with Gasteiger partial charge >= 0.3 is 0 Å². The predicted octanol–water partition coefficient (Wildman–Crippen LogP) is 4.00. The predicted molar refractivity (Wildman–Crippen MR) is 94.5 cm³/mol. The molecule has 2 aromatic rings. The number of hydrogen-bond acceptors (Lipinski definition) is 3. The summed E-state index contributed by atoms with van der Waals surface area (Å²) in [5.74, 6) is 0.782. The van der Waals surface area contributed by atoms with E-state index in [1.807, 2.05) is 30.3 Å². The standard InChI is InChI=1S/C19H23NO3S/c1-23-17-13-11-16(12-14-17)19-10-6-3-7-15-20(19)24(21,22)18-8-4-2-5-9-18/h2,4-5,8-9,11-14,19H,3,6-7,10,15H2,1H3. The number of hydrogen-bond donors (Lipinski definition) is 0. The lowest BCUT2D eigenvalue weighted by molar-refractivity contribution is 0.328. The molecule has 0 saturated carbocycles. The van der Waals surface area contributed by atoms with Crippen molar-refractivity contribution in [2.24, 2.45) is 0 Å². The van der Waals surface area contributed by atoms with E-state index in [0.717, 1.165) is 37.0 Å². The van der Waals surface area contributed by atoms with E-state index in [4.69, 9.17) is 4.74 Å². The third-order valence-electron chi connectivity index (χ3n) is 4.55. The first-order valence-corrected chi connectivity index (χ1v) is 9.78. The lowest BCUT2D eigenvalue weighted by Gasteiger charge is -2.29. The molecule has 1 atom stereocenters. The van der Waals surface area contributed by atoms with Gasteiger partial charge in [-0.1, -0.05) is 43.2 Å². The average Bonchev–Trinajstić information content (AvgIpc) is 2.89. The molecule has 1 unspecified atom stereocenters. The van der Waals surface area contributed by atoms with Crippen LogP contribution in [-0.4, -0.2) is 26.4 Å². The number of rotatable bonds is 4. The maximum atomic E-state index is 13.1. The smallest absolute Gasteiger partial charge is 0.243 e. The van der Waals surface area contributed by atoms with Crippen LogP contribution in [0.2, 0.25) is 0 Å². The van der Waals surface area contributed by atoms with Crippen LogP contribution >= 0.6 is 0 Å². The fourth-order valence-corrected chi connectivity index (χ4v) is 4.96. The van der Waals surface area contributed by atoms with Crippen molar-refractivity contribution < 1.29 is 13.2 Å².